The standard InChI is InChI=1S/C8H10ClO2PS/c1-2-11-12(10,13-9)8-6-4-3-5-7-8/h3-7H,2H2,1H3. The highest BCUT2D eigenvalue weighted by atomic mass is 35.7. The molecule has 0 radical (unpaired) electrons. The Balaban J connectivity index is 2.96. The van der Waals surface area contributed by atoms with E-state index in [1.165, 1.54) is 0 Å². The molecule has 0 bridgehead atoms. The molecular formula is C8H10ClO2PS. The fourth-order valence-electron chi connectivity index (χ4n) is 0.915. The predicted octanol–water partition coefficient (Wildman–Crippen LogP) is 3.43. The Morgan fingerprint density at radius 3 is 2.54 bits per heavy atom. The van der Waals surface area contributed by atoms with Crippen molar-refractivity contribution < 1.29 is 9.09 Å². The first kappa shape index (κ1) is 11.1. The zero-order valence-electron chi connectivity index (χ0n) is 7.14. The van der Waals surface area contributed by atoms with Gasteiger partial charge in [-0.25, -0.2) is 0 Å². The third-order valence-electron chi connectivity index (χ3n) is 1.46. The Labute approximate surface area is 86.3 Å². The average molecular weight is 237 g/mol. The van der Waals surface area contributed by atoms with E-state index in [9.17, 15) is 4.57 Å². The Hall–Kier alpha value is 0.0500. The molecule has 0 aliphatic rings. The van der Waals surface area contributed by atoms with Crippen LogP contribution < -0.4 is 5.30 Å². The van der Waals surface area contributed by atoms with Crippen molar-refractivity contribution in [2.45, 2.75) is 6.92 Å². The summed E-state index contributed by atoms with van der Waals surface area (Å²) in [6.07, 6.45) is 0. The summed E-state index contributed by atoms with van der Waals surface area (Å²) in [6, 6.07) is 9.00. The monoisotopic (exact) mass is 236 g/mol. The van der Waals surface area contributed by atoms with Gasteiger partial charge in [0.15, 0.2) is 0 Å². The van der Waals surface area contributed by atoms with Gasteiger partial charge in [-0.2, -0.15) is 0 Å². The highest BCUT2D eigenvalue weighted by molar-refractivity contribution is 8.69. The van der Waals surface area contributed by atoms with E-state index in [4.69, 9.17) is 15.2 Å². The first-order chi connectivity index (χ1) is 6.23. The van der Waals surface area contributed by atoms with Gasteiger partial charge in [0.2, 0.25) is 0 Å². The number of benzene rings is 1. The van der Waals surface area contributed by atoms with Crippen molar-refractivity contribution in [3.8, 4) is 0 Å². The van der Waals surface area contributed by atoms with Gasteiger partial charge in [-0.05, 0) is 29.7 Å². The van der Waals surface area contributed by atoms with Gasteiger partial charge in [-0.1, -0.05) is 18.2 Å². The summed E-state index contributed by atoms with van der Waals surface area (Å²) >= 11 is 0. The predicted molar refractivity (Wildman–Crippen MR) is 58.8 cm³/mol. The van der Waals surface area contributed by atoms with E-state index in [0.717, 1.165) is 10.6 Å². The molecule has 0 aromatic heterocycles. The molecule has 0 spiro atoms. The van der Waals surface area contributed by atoms with Gasteiger partial charge in [0, 0.05) is 15.9 Å². The molecule has 1 unspecified atom stereocenters. The number of halogens is 1. The molecule has 1 rings (SSSR count). The fraction of sp³-hybridized carbons (Fsp3) is 0.250. The molecule has 0 saturated heterocycles. The van der Waals surface area contributed by atoms with Crippen LogP contribution in [0.25, 0.3) is 0 Å². The van der Waals surface area contributed by atoms with Gasteiger partial charge in [-0.15, -0.1) is 0 Å². The third kappa shape index (κ3) is 2.75. The highest BCUT2D eigenvalue weighted by Gasteiger charge is 2.25. The van der Waals surface area contributed by atoms with Gasteiger partial charge in [-0.3, -0.25) is 4.57 Å². The third-order valence-corrected chi connectivity index (χ3v) is 6.30. The summed E-state index contributed by atoms with van der Waals surface area (Å²) < 4.78 is 17.1. The number of rotatable bonds is 4. The average Bonchev–Trinajstić information content (AvgIpc) is 2.19. The van der Waals surface area contributed by atoms with Crippen LogP contribution in [-0.2, 0) is 9.09 Å². The maximum Gasteiger partial charge on any atom is 0.302 e. The molecule has 0 aliphatic carbocycles. The lowest BCUT2D eigenvalue weighted by molar-refractivity contribution is 0.353. The van der Waals surface area contributed by atoms with Crippen LogP contribution in [0, 0.1) is 0 Å². The minimum absolute atomic E-state index is 0.395. The van der Waals surface area contributed by atoms with E-state index < -0.39 is 6.57 Å². The van der Waals surface area contributed by atoms with Gasteiger partial charge >= 0.3 is 6.57 Å². The highest BCUT2D eigenvalue weighted by Crippen LogP contribution is 2.60. The van der Waals surface area contributed by atoms with Crippen LogP contribution in [-0.4, -0.2) is 6.61 Å². The SMILES string of the molecule is CCOP(=O)(SCl)c1ccccc1. The van der Waals surface area contributed by atoms with E-state index in [1.807, 2.05) is 18.2 Å². The second kappa shape index (κ2) is 5.06. The molecule has 0 fully saturated rings. The normalized spacial score (nSPS) is 15.2. The molecule has 1 aromatic rings. The largest absolute Gasteiger partial charge is 0.317 e. The Bertz CT molecular complexity index is 304. The molecule has 0 heterocycles. The van der Waals surface area contributed by atoms with Crippen LogP contribution in [0.4, 0.5) is 0 Å². The molecule has 0 N–H and O–H groups in total. The molecule has 2 nitrogen and oxygen atoms in total. The van der Waals surface area contributed by atoms with Crippen molar-refractivity contribution in [3.05, 3.63) is 30.3 Å². The van der Waals surface area contributed by atoms with Gasteiger partial charge in [0.25, 0.3) is 0 Å². The van der Waals surface area contributed by atoms with Crippen molar-refractivity contribution in [2.24, 2.45) is 0 Å². The van der Waals surface area contributed by atoms with Gasteiger partial charge < -0.3 is 4.52 Å². The second-order valence-corrected chi connectivity index (χ2v) is 7.33. The van der Waals surface area contributed by atoms with Crippen LogP contribution in [0.15, 0.2) is 30.3 Å². The van der Waals surface area contributed by atoms with E-state index >= 15 is 0 Å². The molecule has 0 saturated carbocycles. The van der Waals surface area contributed by atoms with Crippen molar-refractivity contribution in [3.63, 3.8) is 0 Å². The van der Waals surface area contributed by atoms with Crippen molar-refractivity contribution in [2.75, 3.05) is 6.61 Å². The lowest BCUT2D eigenvalue weighted by atomic mass is 10.4. The van der Waals surface area contributed by atoms with Crippen LogP contribution in [0.5, 0.6) is 0 Å². The number of hydrogen-bond acceptors (Lipinski definition) is 3. The summed E-state index contributed by atoms with van der Waals surface area (Å²) in [5, 5.41) is 0.650. The fourth-order valence-corrected chi connectivity index (χ4v) is 4.18. The first-order valence-electron chi connectivity index (χ1n) is 3.83. The van der Waals surface area contributed by atoms with Gasteiger partial charge in [0.1, 0.15) is 0 Å². The number of hydrogen-bond donors (Lipinski definition) is 0. The second-order valence-electron chi connectivity index (χ2n) is 2.32. The summed E-state index contributed by atoms with van der Waals surface area (Å²) in [5.74, 6) is 0. The summed E-state index contributed by atoms with van der Waals surface area (Å²) in [7, 11) is 6.31. The summed E-state index contributed by atoms with van der Waals surface area (Å²) in [5.41, 5.74) is 0. The van der Waals surface area contributed by atoms with Crippen molar-refractivity contribution >= 4 is 33.2 Å². The van der Waals surface area contributed by atoms with E-state index in [-0.39, 0.29) is 0 Å². The molecule has 0 amide bonds. The molecule has 5 heteroatoms. The Morgan fingerprint density at radius 1 is 1.46 bits per heavy atom. The van der Waals surface area contributed by atoms with E-state index in [0.29, 0.717) is 11.9 Å². The smallest absolute Gasteiger partial charge is 0.302 e. The minimum atomic E-state index is -2.87. The maximum absolute atomic E-state index is 12.0. The van der Waals surface area contributed by atoms with Crippen molar-refractivity contribution in [1.82, 2.24) is 0 Å². The molecule has 1 aromatic carbocycles. The zero-order valence-corrected chi connectivity index (χ0v) is 9.61. The summed E-state index contributed by atoms with van der Waals surface area (Å²) in [4.78, 5) is 0. The van der Waals surface area contributed by atoms with Crippen LogP contribution in [0.3, 0.4) is 0 Å². The Kier molecular flexibility index (Phi) is 4.33. The molecular weight excluding hydrogens is 227 g/mol. The van der Waals surface area contributed by atoms with Crippen molar-refractivity contribution in [1.29, 1.82) is 0 Å². The van der Waals surface area contributed by atoms with E-state index in [2.05, 4.69) is 0 Å². The summed E-state index contributed by atoms with van der Waals surface area (Å²) in [6.45, 7) is -0.681. The first-order valence-corrected chi connectivity index (χ1v) is 7.70. The molecule has 72 valence electrons. The topological polar surface area (TPSA) is 26.3 Å². The zero-order chi connectivity index (χ0) is 9.73. The Morgan fingerprint density at radius 2 is 2.08 bits per heavy atom. The van der Waals surface area contributed by atoms with Crippen LogP contribution in [0.1, 0.15) is 6.92 Å². The molecule has 13 heavy (non-hydrogen) atoms. The lowest BCUT2D eigenvalue weighted by Crippen LogP contribution is -2.03. The van der Waals surface area contributed by atoms with Crippen LogP contribution in [0.2, 0.25) is 0 Å². The van der Waals surface area contributed by atoms with Gasteiger partial charge in [0.05, 0.1) is 6.61 Å². The van der Waals surface area contributed by atoms with E-state index in [1.54, 1.807) is 19.1 Å². The molecule has 1 atom stereocenters. The molecule has 0 aliphatic heterocycles. The van der Waals surface area contributed by atoms with Crippen LogP contribution >= 0.6 is 27.8 Å². The minimum Gasteiger partial charge on any atom is -0.317 e. The maximum atomic E-state index is 12.0. The quantitative estimate of drug-likeness (QED) is 0.750. The lowest BCUT2D eigenvalue weighted by Gasteiger charge is -2.12.